The Bertz CT molecular complexity index is 1370. The van der Waals surface area contributed by atoms with Crippen LogP contribution in [0.4, 0.5) is 11.8 Å². The molecule has 2 saturated heterocycles. The molecule has 2 aromatic heterocycles. The number of nitrogens with one attached hydrogen (secondary N) is 1. The summed E-state index contributed by atoms with van der Waals surface area (Å²) in [6.45, 7) is 3.06. The fourth-order valence-corrected chi connectivity index (χ4v) is 5.03. The Morgan fingerprint density at radius 2 is 1.79 bits per heavy atom. The van der Waals surface area contributed by atoms with Crippen molar-refractivity contribution in [3.05, 3.63) is 48.5 Å². The molecule has 2 aliphatic heterocycles. The molecule has 33 heavy (non-hydrogen) atoms. The van der Waals surface area contributed by atoms with Gasteiger partial charge in [-0.05, 0) is 24.3 Å². The van der Waals surface area contributed by atoms with Crippen molar-refractivity contribution in [1.82, 2.24) is 24.6 Å². The fraction of sp³-hybridized carbons (Fsp3) is 0.333. The van der Waals surface area contributed by atoms with E-state index in [1.54, 1.807) is 4.90 Å². The number of piperazine rings is 1. The molecular weight excluding hydrogens is 418 g/mol. The average Bonchev–Trinajstić information content (AvgIpc) is 3.54. The van der Waals surface area contributed by atoms with Gasteiger partial charge in [0.05, 0.1) is 22.5 Å². The minimum Gasteiger partial charge on any atom is -0.339 e. The Labute approximate surface area is 190 Å². The van der Waals surface area contributed by atoms with Crippen LogP contribution in [0.25, 0.3) is 21.9 Å². The maximum absolute atomic E-state index is 13.3. The number of aromatic nitrogens is 4. The van der Waals surface area contributed by atoms with Crippen LogP contribution in [0.3, 0.4) is 0 Å². The molecule has 1 unspecified atom stereocenters. The third-order valence-electron chi connectivity index (χ3n) is 6.82. The van der Waals surface area contributed by atoms with E-state index in [9.17, 15) is 9.59 Å². The first kappa shape index (κ1) is 19.8. The van der Waals surface area contributed by atoms with Gasteiger partial charge in [-0.1, -0.05) is 24.3 Å². The number of imidazole rings is 1. The predicted molar refractivity (Wildman–Crippen MR) is 126 cm³/mol. The summed E-state index contributed by atoms with van der Waals surface area (Å²) in [6.07, 6.45) is 0.227. The van der Waals surface area contributed by atoms with E-state index in [-0.39, 0.29) is 24.2 Å². The zero-order valence-electron chi connectivity index (χ0n) is 18.4. The highest BCUT2D eigenvalue weighted by molar-refractivity contribution is 6.05. The number of amides is 2. The van der Waals surface area contributed by atoms with E-state index in [1.165, 1.54) is 0 Å². The second-order valence-corrected chi connectivity index (χ2v) is 8.77. The molecule has 0 spiro atoms. The number of hydrogen-bond acceptors (Lipinski definition) is 5. The second-order valence-electron chi connectivity index (χ2n) is 8.77. The maximum atomic E-state index is 13.3. The van der Waals surface area contributed by atoms with Crippen molar-refractivity contribution in [3.63, 3.8) is 0 Å². The average molecular weight is 444 g/mol. The van der Waals surface area contributed by atoms with Crippen LogP contribution in [0.1, 0.15) is 6.42 Å². The number of aryl methyl sites for hydroxylation is 1. The number of nitrogens with zero attached hydrogens (tertiary/aromatic N) is 6. The number of carbonyl (C=O) groups excluding carboxylic acids is 2. The van der Waals surface area contributed by atoms with Crippen LogP contribution in [0.2, 0.25) is 0 Å². The molecule has 2 amide bonds. The summed E-state index contributed by atoms with van der Waals surface area (Å²) < 4.78 is 2.11. The molecule has 2 fully saturated rings. The molecule has 6 rings (SSSR count). The van der Waals surface area contributed by atoms with Crippen LogP contribution in [0.15, 0.2) is 48.5 Å². The highest BCUT2D eigenvalue weighted by Gasteiger charge is 2.39. The zero-order valence-corrected chi connectivity index (χ0v) is 18.4. The lowest BCUT2D eigenvalue weighted by molar-refractivity contribution is -0.136. The van der Waals surface area contributed by atoms with Crippen molar-refractivity contribution in [2.24, 2.45) is 13.0 Å². The molecular formula is C24H25N7O2. The van der Waals surface area contributed by atoms with E-state index in [1.807, 2.05) is 54.4 Å². The van der Waals surface area contributed by atoms with Gasteiger partial charge >= 0.3 is 0 Å². The van der Waals surface area contributed by atoms with Crippen molar-refractivity contribution in [1.29, 1.82) is 0 Å². The quantitative estimate of drug-likeness (QED) is 0.524. The van der Waals surface area contributed by atoms with Crippen LogP contribution in [-0.2, 0) is 16.6 Å². The minimum atomic E-state index is -0.338. The van der Waals surface area contributed by atoms with Crippen LogP contribution < -0.4 is 9.80 Å². The Morgan fingerprint density at radius 1 is 1.03 bits per heavy atom. The number of H-pyrrole nitrogens is 1. The number of aromatic amines is 1. The van der Waals surface area contributed by atoms with Crippen molar-refractivity contribution < 1.29 is 9.59 Å². The van der Waals surface area contributed by atoms with Crippen molar-refractivity contribution in [2.75, 3.05) is 42.5 Å². The van der Waals surface area contributed by atoms with Gasteiger partial charge in [-0.15, -0.1) is 0 Å². The smallest absolute Gasteiger partial charge is 0.229 e. The standard InChI is InChI=1S/C24H25N7O2/c1-28-20-9-5-4-8-19(20)25-24(28)30-12-10-29(11-13-30)23(33)16-14-21(32)31(15-16)22-17-6-2-3-7-18(17)26-27-22/h2-9,16H,10-15H2,1H3,(H,26,27). The molecule has 9 nitrogen and oxygen atoms in total. The van der Waals surface area contributed by atoms with E-state index in [4.69, 9.17) is 4.98 Å². The predicted octanol–water partition coefficient (Wildman–Crippen LogP) is 2.15. The number of para-hydroxylation sites is 3. The molecule has 4 aromatic rings. The fourth-order valence-electron chi connectivity index (χ4n) is 5.03. The molecule has 168 valence electrons. The molecule has 2 aromatic carbocycles. The lowest BCUT2D eigenvalue weighted by atomic mass is 10.1. The third kappa shape index (κ3) is 3.23. The number of rotatable bonds is 3. The van der Waals surface area contributed by atoms with Crippen molar-refractivity contribution >= 4 is 45.5 Å². The van der Waals surface area contributed by atoms with Crippen LogP contribution in [0.5, 0.6) is 0 Å². The topological polar surface area (TPSA) is 90.4 Å². The Hall–Kier alpha value is -3.88. The van der Waals surface area contributed by atoms with E-state index < -0.39 is 0 Å². The molecule has 4 heterocycles. The van der Waals surface area contributed by atoms with Gasteiger partial charge in [0, 0.05) is 51.6 Å². The molecule has 0 bridgehead atoms. The van der Waals surface area contributed by atoms with Gasteiger partial charge in [0.2, 0.25) is 17.8 Å². The van der Waals surface area contributed by atoms with Gasteiger partial charge in [-0.25, -0.2) is 4.98 Å². The van der Waals surface area contributed by atoms with E-state index in [2.05, 4.69) is 25.7 Å². The molecule has 9 heteroatoms. The highest BCUT2D eigenvalue weighted by atomic mass is 16.2. The van der Waals surface area contributed by atoms with Gasteiger partial charge in [0.25, 0.3) is 0 Å². The summed E-state index contributed by atoms with van der Waals surface area (Å²) >= 11 is 0. The highest BCUT2D eigenvalue weighted by Crippen LogP contribution is 2.31. The lowest BCUT2D eigenvalue weighted by Crippen LogP contribution is -2.51. The van der Waals surface area contributed by atoms with E-state index >= 15 is 0 Å². The lowest BCUT2D eigenvalue weighted by Gasteiger charge is -2.36. The van der Waals surface area contributed by atoms with Gasteiger partial charge in [0.15, 0.2) is 5.82 Å². The zero-order chi connectivity index (χ0) is 22.5. The molecule has 1 N–H and O–H groups in total. The molecule has 2 aliphatic rings. The van der Waals surface area contributed by atoms with Crippen LogP contribution >= 0.6 is 0 Å². The SMILES string of the molecule is Cn1c(N2CCN(C(=O)C3CC(=O)N(c4n[nH]c5ccccc45)C3)CC2)nc2ccccc21. The van der Waals surface area contributed by atoms with Crippen LogP contribution in [-0.4, -0.2) is 69.2 Å². The van der Waals surface area contributed by atoms with E-state index in [0.29, 0.717) is 25.5 Å². The van der Waals surface area contributed by atoms with Crippen molar-refractivity contribution in [2.45, 2.75) is 6.42 Å². The van der Waals surface area contributed by atoms with Crippen LogP contribution in [0, 0.1) is 5.92 Å². The van der Waals surface area contributed by atoms with Gasteiger partial charge < -0.3 is 14.4 Å². The summed E-state index contributed by atoms with van der Waals surface area (Å²) in [5, 5.41) is 8.22. The van der Waals surface area contributed by atoms with Gasteiger partial charge in [0.1, 0.15) is 0 Å². The summed E-state index contributed by atoms with van der Waals surface area (Å²) in [5.74, 6) is 1.20. The second kappa shape index (κ2) is 7.61. The monoisotopic (exact) mass is 443 g/mol. The maximum Gasteiger partial charge on any atom is 0.229 e. The molecule has 0 aliphatic carbocycles. The van der Waals surface area contributed by atoms with Gasteiger partial charge in [-0.2, -0.15) is 5.10 Å². The first-order chi connectivity index (χ1) is 16.1. The van der Waals surface area contributed by atoms with E-state index in [0.717, 1.165) is 41.0 Å². The number of fused-ring (bicyclic) bond motifs is 2. The molecule has 1 atom stereocenters. The van der Waals surface area contributed by atoms with Gasteiger partial charge in [-0.3, -0.25) is 19.6 Å². The summed E-state index contributed by atoms with van der Waals surface area (Å²) in [5.41, 5.74) is 2.96. The summed E-state index contributed by atoms with van der Waals surface area (Å²) in [7, 11) is 2.03. The number of benzene rings is 2. The third-order valence-corrected chi connectivity index (χ3v) is 6.82. The first-order valence-electron chi connectivity index (χ1n) is 11.3. The number of hydrogen-bond donors (Lipinski definition) is 1. The molecule has 0 saturated carbocycles. The number of anilines is 2. The summed E-state index contributed by atoms with van der Waals surface area (Å²) in [4.78, 5) is 36.6. The van der Waals surface area contributed by atoms with Crippen molar-refractivity contribution in [3.8, 4) is 0 Å². The molecule has 0 radical (unpaired) electrons. The minimum absolute atomic E-state index is 0.0512. The first-order valence-corrected chi connectivity index (χ1v) is 11.3. The normalized spacial score (nSPS) is 19.2. The Kier molecular flexibility index (Phi) is 4.56. The summed E-state index contributed by atoms with van der Waals surface area (Å²) in [6, 6.07) is 15.8. The number of carbonyl (C=O) groups is 2. The Morgan fingerprint density at radius 3 is 2.61 bits per heavy atom. The largest absolute Gasteiger partial charge is 0.339 e. The Balaban J connectivity index is 1.14.